The smallest absolute Gasteiger partial charge is 0.338 e. The van der Waals surface area contributed by atoms with Gasteiger partial charge in [-0.05, 0) is 32.0 Å². The van der Waals surface area contributed by atoms with Gasteiger partial charge < -0.3 is 10.4 Å². The van der Waals surface area contributed by atoms with Crippen LogP contribution in [0.3, 0.4) is 0 Å². The maximum atomic E-state index is 12.9. The molecular weight excluding hydrogens is 566 g/mol. The Balaban J connectivity index is 1.79. The van der Waals surface area contributed by atoms with E-state index in [4.69, 9.17) is 46.4 Å². The highest BCUT2D eigenvalue weighted by molar-refractivity contribution is 8.00. The number of amides is 2. The average molecular weight is 580 g/mol. The van der Waals surface area contributed by atoms with Crippen LogP contribution in [0.4, 0.5) is 10.8 Å². The van der Waals surface area contributed by atoms with E-state index >= 15 is 0 Å². The van der Waals surface area contributed by atoms with Crippen LogP contribution in [-0.4, -0.2) is 38.3 Å². The molecule has 1 unspecified atom stereocenters. The molecule has 0 bridgehead atoms. The number of carboxylic acids is 1. The van der Waals surface area contributed by atoms with Crippen molar-refractivity contribution in [2.45, 2.75) is 24.0 Å². The van der Waals surface area contributed by atoms with Gasteiger partial charge >= 0.3 is 5.97 Å². The van der Waals surface area contributed by atoms with Crippen molar-refractivity contribution in [3.05, 3.63) is 60.5 Å². The van der Waals surface area contributed by atoms with Crippen LogP contribution >= 0.6 is 69.5 Å². The van der Waals surface area contributed by atoms with Gasteiger partial charge in [-0.15, -0.1) is 22.0 Å². The fourth-order valence-electron chi connectivity index (χ4n) is 2.70. The molecule has 1 aromatic heterocycles. The number of carbonyl (C=O) groups excluding carboxylic acids is 2. The summed E-state index contributed by atoms with van der Waals surface area (Å²) in [6, 6.07) is 6.63. The minimum atomic E-state index is -1.50. The number of thioether (sulfide) groups is 1. The summed E-state index contributed by atoms with van der Waals surface area (Å²) in [4.78, 5) is 37.7. The molecular formula is C20H14Cl4N4O4S2. The SMILES string of the molecule is Cc1nnc(NC(=O)C(C)Sc2cccc(NC(=O)c3c(Cl)c(Cl)c(Cl)c(Cl)c3C(=O)O)c2)s1. The van der Waals surface area contributed by atoms with Gasteiger partial charge in [0.25, 0.3) is 5.91 Å². The van der Waals surface area contributed by atoms with Crippen LogP contribution in [0.5, 0.6) is 0 Å². The predicted molar refractivity (Wildman–Crippen MR) is 136 cm³/mol. The monoisotopic (exact) mass is 578 g/mol. The number of anilines is 2. The molecule has 3 aromatic rings. The van der Waals surface area contributed by atoms with Gasteiger partial charge in [-0.2, -0.15) is 0 Å². The first kappa shape index (κ1) is 26.5. The van der Waals surface area contributed by atoms with Crippen molar-refractivity contribution in [2.24, 2.45) is 0 Å². The van der Waals surface area contributed by atoms with Crippen LogP contribution in [0.1, 0.15) is 32.6 Å². The van der Waals surface area contributed by atoms with Crippen LogP contribution < -0.4 is 10.6 Å². The average Bonchev–Trinajstić information content (AvgIpc) is 3.18. The lowest BCUT2D eigenvalue weighted by Gasteiger charge is -2.15. The lowest BCUT2D eigenvalue weighted by molar-refractivity contribution is -0.115. The molecule has 0 fully saturated rings. The zero-order valence-electron chi connectivity index (χ0n) is 17.3. The summed E-state index contributed by atoms with van der Waals surface area (Å²) in [5.74, 6) is -2.60. The molecule has 1 heterocycles. The molecule has 0 saturated heterocycles. The Labute approximate surface area is 221 Å². The number of benzene rings is 2. The van der Waals surface area contributed by atoms with E-state index < -0.39 is 33.3 Å². The summed E-state index contributed by atoms with van der Waals surface area (Å²) in [6.07, 6.45) is 0. The molecule has 3 rings (SSSR count). The van der Waals surface area contributed by atoms with Crippen molar-refractivity contribution in [1.29, 1.82) is 0 Å². The quantitative estimate of drug-likeness (QED) is 0.165. The van der Waals surface area contributed by atoms with E-state index in [2.05, 4.69) is 20.8 Å². The summed E-state index contributed by atoms with van der Waals surface area (Å²) in [6.45, 7) is 3.50. The second kappa shape index (κ2) is 11.1. The highest BCUT2D eigenvalue weighted by Crippen LogP contribution is 2.42. The van der Waals surface area contributed by atoms with Gasteiger partial charge in [-0.3, -0.25) is 14.9 Å². The first-order valence-electron chi connectivity index (χ1n) is 9.27. The number of nitrogens with zero attached hydrogens (tertiary/aromatic N) is 2. The number of hydrogen-bond donors (Lipinski definition) is 3. The number of nitrogens with one attached hydrogen (secondary N) is 2. The zero-order chi connectivity index (χ0) is 25.2. The normalized spacial score (nSPS) is 11.7. The van der Waals surface area contributed by atoms with E-state index in [1.807, 2.05) is 0 Å². The first-order valence-corrected chi connectivity index (χ1v) is 12.5. The van der Waals surface area contributed by atoms with Crippen molar-refractivity contribution >= 4 is 98.1 Å². The summed E-state index contributed by atoms with van der Waals surface area (Å²) in [5.41, 5.74) is -0.662. The Hall–Kier alpha value is -2.08. The minimum Gasteiger partial charge on any atom is -0.478 e. The summed E-state index contributed by atoms with van der Waals surface area (Å²) < 4.78 is 0. The van der Waals surface area contributed by atoms with Crippen molar-refractivity contribution in [1.82, 2.24) is 10.2 Å². The molecule has 34 heavy (non-hydrogen) atoms. The summed E-state index contributed by atoms with van der Waals surface area (Å²) in [5, 5.41) is 21.9. The van der Waals surface area contributed by atoms with Crippen LogP contribution in [0, 0.1) is 6.92 Å². The van der Waals surface area contributed by atoms with E-state index in [-0.39, 0.29) is 21.0 Å². The molecule has 8 nitrogen and oxygen atoms in total. The molecule has 2 aromatic carbocycles. The summed E-state index contributed by atoms with van der Waals surface area (Å²) in [7, 11) is 0. The maximum Gasteiger partial charge on any atom is 0.338 e. The Morgan fingerprint density at radius 3 is 2.24 bits per heavy atom. The van der Waals surface area contributed by atoms with Crippen molar-refractivity contribution in [3.63, 3.8) is 0 Å². The van der Waals surface area contributed by atoms with E-state index in [1.165, 1.54) is 23.1 Å². The van der Waals surface area contributed by atoms with E-state index in [9.17, 15) is 19.5 Å². The maximum absolute atomic E-state index is 12.9. The molecule has 2 amide bonds. The second-order valence-corrected chi connectivity index (χ2v) is 10.8. The van der Waals surface area contributed by atoms with Crippen LogP contribution in [0.2, 0.25) is 20.1 Å². The highest BCUT2D eigenvalue weighted by Gasteiger charge is 2.29. The summed E-state index contributed by atoms with van der Waals surface area (Å²) >= 11 is 26.6. The molecule has 0 saturated carbocycles. The van der Waals surface area contributed by atoms with Gasteiger partial charge in [-0.1, -0.05) is 63.8 Å². The van der Waals surface area contributed by atoms with Crippen molar-refractivity contribution < 1.29 is 19.5 Å². The highest BCUT2D eigenvalue weighted by atomic mass is 35.5. The Kier molecular flexibility index (Phi) is 8.66. The minimum absolute atomic E-state index is 0.238. The topological polar surface area (TPSA) is 121 Å². The van der Waals surface area contributed by atoms with Crippen LogP contribution in [0.15, 0.2) is 29.2 Å². The zero-order valence-corrected chi connectivity index (χ0v) is 21.9. The third-order valence-corrected chi connectivity index (χ3v) is 7.89. The first-order chi connectivity index (χ1) is 16.0. The fourth-order valence-corrected chi connectivity index (χ4v) is 5.24. The Morgan fingerprint density at radius 1 is 1.00 bits per heavy atom. The predicted octanol–water partition coefficient (Wildman–Crippen LogP) is 6.53. The van der Waals surface area contributed by atoms with Crippen molar-refractivity contribution in [3.8, 4) is 0 Å². The number of aromatic carboxylic acids is 1. The molecule has 0 aliphatic heterocycles. The molecule has 0 radical (unpaired) electrons. The number of aryl methyl sites for hydroxylation is 1. The third kappa shape index (κ3) is 5.94. The number of carbonyl (C=O) groups is 3. The number of carboxylic acid groups (broad SMARTS) is 1. The second-order valence-electron chi connectivity index (χ2n) is 6.67. The third-order valence-electron chi connectivity index (χ3n) is 4.24. The largest absolute Gasteiger partial charge is 0.478 e. The Bertz CT molecular complexity index is 1300. The van der Waals surface area contributed by atoms with Gasteiger partial charge in [0.15, 0.2) is 0 Å². The van der Waals surface area contributed by atoms with Gasteiger partial charge in [0.1, 0.15) is 5.01 Å². The molecule has 0 aliphatic rings. The standard InChI is InChI=1S/C20H14Cl4N4O4S2/c1-7(17(29)26-20-28-27-8(2)34-20)33-10-5-3-4-9(6-10)25-18(30)11-12(19(31)32)14(22)16(24)15(23)13(11)21/h3-7H,1-2H3,(H,25,30)(H,31,32)(H,26,28,29). The molecule has 0 spiro atoms. The number of aromatic nitrogens is 2. The molecule has 1 atom stereocenters. The van der Waals surface area contributed by atoms with Gasteiger partial charge in [0.05, 0.1) is 36.5 Å². The molecule has 0 aliphatic carbocycles. The number of halogens is 4. The van der Waals surface area contributed by atoms with E-state index in [0.29, 0.717) is 15.7 Å². The molecule has 178 valence electrons. The van der Waals surface area contributed by atoms with Crippen molar-refractivity contribution in [2.75, 3.05) is 10.6 Å². The fraction of sp³-hybridized carbons (Fsp3) is 0.150. The van der Waals surface area contributed by atoms with Gasteiger partial charge in [0, 0.05) is 10.6 Å². The van der Waals surface area contributed by atoms with Crippen LogP contribution in [-0.2, 0) is 4.79 Å². The lowest BCUT2D eigenvalue weighted by atomic mass is 10.1. The Morgan fingerprint density at radius 2 is 1.65 bits per heavy atom. The molecule has 14 heteroatoms. The lowest BCUT2D eigenvalue weighted by Crippen LogP contribution is -2.22. The van der Waals surface area contributed by atoms with Gasteiger partial charge in [0.2, 0.25) is 11.0 Å². The van der Waals surface area contributed by atoms with E-state index in [0.717, 1.165) is 5.01 Å². The number of hydrogen-bond acceptors (Lipinski definition) is 7. The van der Waals surface area contributed by atoms with Gasteiger partial charge in [-0.25, -0.2) is 4.79 Å². The van der Waals surface area contributed by atoms with Crippen LogP contribution in [0.25, 0.3) is 0 Å². The number of rotatable bonds is 7. The van der Waals surface area contributed by atoms with E-state index in [1.54, 1.807) is 38.1 Å². The molecule has 3 N–H and O–H groups in total.